The monoisotopic (exact) mass is 306 g/mol. The first-order valence-corrected chi connectivity index (χ1v) is 4.39. The third-order valence-electron chi connectivity index (χ3n) is 1.25. The SMILES string of the molecule is FC(F)(F)c1ccc(Cl)c(I)c1. The van der Waals surface area contributed by atoms with Crippen LogP contribution < -0.4 is 0 Å². The summed E-state index contributed by atoms with van der Waals surface area (Å²) in [5.41, 5.74) is -0.670. The standard InChI is InChI=1S/C7H3ClF3I/c8-5-2-1-4(3-6(5)12)7(9,10)11/h1-3H. The quantitative estimate of drug-likeness (QED) is 0.636. The van der Waals surface area contributed by atoms with Gasteiger partial charge in [0.25, 0.3) is 0 Å². The molecule has 0 amide bonds. The molecule has 0 unspecified atom stereocenters. The first-order chi connectivity index (χ1) is 5.41. The van der Waals surface area contributed by atoms with Crippen LogP contribution in [0.4, 0.5) is 13.2 Å². The molecule has 12 heavy (non-hydrogen) atoms. The maximum absolute atomic E-state index is 12.1. The Bertz CT molecular complexity index is 295. The van der Waals surface area contributed by atoms with Crippen LogP contribution in [0.25, 0.3) is 0 Å². The first kappa shape index (κ1) is 10.1. The Kier molecular flexibility index (Phi) is 2.88. The molecule has 0 aliphatic rings. The van der Waals surface area contributed by atoms with Crippen LogP contribution in [0.2, 0.25) is 5.02 Å². The molecule has 1 rings (SSSR count). The summed E-state index contributed by atoms with van der Waals surface area (Å²) in [5, 5.41) is 0.337. The van der Waals surface area contributed by atoms with Gasteiger partial charge in [-0.2, -0.15) is 13.2 Å². The Morgan fingerprint density at radius 3 is 2.25 bits per heavy atom. The molecule has 0 aromatic heterocycles. The van der Waals surface area contributed by atoms with Crippen molar-refractivity contribution in [3.63, 3.8) is 0 Å². The zero-order valence-corrected chi connectivity index (χ0v) is 8.54. The van der Waals surface area contributed by atoms with E-state index in [1.807, 2.05) is 0 Å². The lowest BCUT2D eigenvalue weighted by molar-refractivity contribution is -0.137. The van der Waals surface area contributed by atoms with Gasteiger partial charge in [0.05, 0.1) is 10.6 Å². The molecule has 0 spiro atoms. The van der Waals surface area contributed by atoms with Gasteiger partial charge in [-0.1, -0.05) is 11.6 Å². The van der Waals surface area contributed by atoms with Crippen molar-refractivity contribution in [3.8, 4) is 0 Å². The van der Waals surface area contributed by atoms with Crippen LogP contribution in [0, 0.1) is 3.57 Å². The molecular formula is C7H3ClF3I. The third-order valence-corrected chi connectivity index (χ3v) is 2.79. The fourth-order valence-corrected chi connectivity index (χ4v) is 1.31. The highest BCUT2D eigenvalue weighted by Gasteiger charge is 2.30. The number of rotatable bonds is 0. The van der Waals surface area contributed by atoms with Gasteiger partial charge in [0.2, 0.25) is 0 Å². The Morgan fingerprint density at radius 1 is 1.25 bits per heavy atom. The second kappa shape index (κ2) is 3.41. The first-order valence-electron chi connectivity index (χ1n) is 2.93. The molecule has 0 atom stereocenters. The molecule has 0 aliphatic carbocycles. The van der Waals surface area contributed by atoms with Crippen LogP contribution in [-0.4, -0.2) is 0 Å². The van der Waals surface area contributed by atoms with E-state index in [2.05, 4.69) is 0 Å². The zero-order chi connectivity index (χ0) is 9.35. The summed E-state index contributed by atoms with van der Waals surface area (Å²) in [7, 11) is 0. The Morgan fingerprint density at radius 2 is 1.83 bits per heavy atom. The van der Waals surface area contributed by atoms with Crippen LogP contribution in [0.15, 0.2) is 18.2 Å². The summed E-state index contributed by atoms with van der Waals surface area (Å²) in [4.78, 5) is 0. The normalized spacial score (nSPS) is 11.8. The Hall–Kier alpha value is 0.0300. The molecule has 5 heteroatoms. The summed E-state index contributed by atoms with van der Waals surface area (Å²) >= 11 is 7.31. The van der Waals surface area contributed by atoms with Crippen LogP contribution in [0.3, 0.4) is 0 Å². The maximum Gasteiger partial charge on any atom is 0.416 e. The van der Waals surface area contributed by atoms with Crippen molar-refractivity contribution >= 4 is 34.2 Å². The van der Waals surface area contributed by atoms with E-state index in [0.29, 0.717) is 8.59 Å². The van der Waals surface area contributed by atoms with Gasteiger partial charge in [-0.25, -0.2) is 0 Å². The van der Waals surface area contributed by atoms with Gasteiger partial charge >= 0.3 is 6.18 Å². The predicted molar refractivity (Wildman–Crippen MR) is 49.2 cm³/mol. The van der Waals surface area contributed by atoms with Crippen LogP contribution >= 0.6 is 34.2 Å². The predicted octanol–water partition coefficient (Wildman–Crippen LogP) is 3.96. The van der Waals surface area contributed by atoms with E-state index in [0.717, 1.165) is 12.1 Å². The molecule has 0 saturated heterocycles. The molecule has 66 valence electrons. The highest BCUT2D eigenvalue weighted by Crippen LogP contribution is 2.31. The van der Waals surface area contributed by atoms with Crippen molar-refractivity contribution in [3.05, 3.63) is 32.4 Å². The third kappa shape index (κ3) is 2.26. The Balaban J connectivity index is 3.14. The van der Waals surface area contributed by atoms with E-state index in [1.54, 1.807) is 22.6 Å². The van der Waals surface area contributed by atoms with Gasteiger partial charge < -0.3 is 0 Å². The van der Waals surface area contributed by atoms with E-state index in [-0.39, 0.29) is 0 Å². The molecule has 0 aliphatic heterocycles. The average Bonchev–Trinajstić information content (AvgIpc) is 1.92. The smallest absolute Gasteiger partial charge is 0.166 e. The molecule has 1 aromatic rings. The number of hydrogen-bond acceptors (Lipinski definition) is 0. The Labute approximate surface area is 85.9 Å². The van der Waals surface area contributed by atoms with Crippen LogP contribution in [-0.2, 0) is 6.18 Å². The molecule has 0 N–H and O–H groups in total. The molecular weight excluding hydrogens is 303 g/mol. The average molecular weight is 306 g/mol. The molecule has 0 bridgehead atoms. The minimum atomic E-state index is -4.29. The van der Waals surface area contributed by atoms with Gasteiger partial charge in [-0.15, -0.1) is 0 Å². The summed E-state index contributed by atoms with van der Waals surface area (Å²) in [5.74, 6) is 0. The summed E-state index contributed by atoms with van der Waals surface area (Å²) in [6, 6.07) is 3.22. The second-order valence-electron chi connectivity index (χ2n) is 2.13. The largest absolute Gasteiger partial charge is 0.416 e. The molecule has 1 aromatic carbocycles. The van der Waals surface area contributed by atoms with Crippen molar-refractivity contribution in [2.75, 3.05) is 0 Å². The maximum atomic E-state index is 12.1. The molecule has 0 radical (unpaired) electrons. The van der Waals surface area contributed by atoms with Gasteiger partial charge in [0.15, 0.2) is 0 Å². The fourth-order valence-electron chi connectivity index (χ4n) is 0.672. The number of benzene rings is 1. The molecule has 0 heterocycles. The van der Waals surface area contributed by atoms with E-state index in [9.17, 15) is 13.2 Å². The van der Waals surface area contributed by atoms with Crippen molar-refractivity contribution in [2.24, 2.45) is 0 Å². The minimum Gasteiger partial charge on any atom is -0.166 e. The lowest BCUT2D eigenvalue weighted by Gasteiger charge is -2.06. The van der Waals surface area contributed by atoms with Gasteiger partial charge in [0, 0.05) is 3.57 Å². The van der Waals surface area contributed by atoms with Crippen LogP contribution in [0.5, 0.6) is 0 Å². The van der Waals surface area contributed by atoms with E-state index >= 15 is 0 Å². The molecule has 0 nitrogen and oxygen atoms in total. The van der Waals surface area contributed by atoms with Crippen molar-refractivity contribution < 1.29 is 13.2 Å². The lowest BCUT2D eigenvalue weighted by atomic mass is 10.2. The highest BCUT2D eigenvalue weighted by molar-refractivity contribution is 14.1. The number of halogens is 5. The van der Waals surface area contributed by atoms with Gasteiger partial charge in [-0.3, -0.25) is 0 Å². The number of hydrogen-bond donors (Lipinski definition) is 0. The van der Waals surface area contributed by atoms with Crippen molar-refractivity contribution in [1.29, 1.82) is 0 Å². The van der Waals surface area contributed by atoms with Crippen molar-refractivity contribution in [2.45, 2.75) is 6.18 Å². The lowest BCUT2D eigenvalue weighted by Crippen LogP contribution is -2.04. The van der Waals surface area contributed by atoms with Crippen LogP contribution in [0.1, 0.15) is 5.56 Å². The minimum absolute atomic E-state index is 0.337. The molecule has 0 saturated carbocycles. The summed E-state index contributed by atoms with van der Waals surface area (Å²) in [6.45, 7) is 0. The zero-order valence-electron chi connectivity index (χ0n) is 5.62. The van der Waals surface area contributed by atoms with Gasteiger partial charge in [-0.05, 0) is 40.8 Å². The summed E-state index contributed by atoms with van der Waals surface area (Å²) in [6.07, 6.45) is -4.29. The van der Waals surface area contributed by atoms with Crippen molar-refractivity contribution in [1.82, 2.24) is 0 Å². The second-order valence-corrected chi connectivity index (χ2v) is 3.70. The van der Waals surface area contributed by atoms with E-state index < -0.39 is 11.7 Å². The van der Waals surface area contributed by atoms with E-state index in [1.165, 1.54) is 6.07 Å². The van der Waals surface area contributed by atoms with Gasteiger partial charge in [0.1, 0.15) is 0 Å². The fraction of sp³-hybridized carbons (Fsp3) is 0.143. The highest BCUT2D eigenvalue weighted by atomic mass is 127. The summed E-state index contributed by atoms with van der Waals surface area (Å²) < 4.78 is 36.6. The number of alkyl halides is 3. The topological polar surface area (TPSA) is 0 Å². The van der Waals surface area contributed by atoms with E-state index in [4.69, 9.17) is 11.6 Å². The molecule has 0 fully saturated rings.